The van der Waals surface area contributed by atoms with E-state index in [2.05, 4.69) is 4.98 Å². The fraction of sp³-hybridized carbons (Fsp3) is 0.316. The van der Waals surface area contributed by atoms with Gasteiger partial charge in [0, 0.05) is 10.9 Å². The van der Waals surface area contributed by atoms with Crippen molar-refractivity contribution in [2.24, 2.45) is 0 Å². The predicted octanol–water partition coefficient (Wildman–Crippen LogP) is 3.95. The van der Waals surface area contributed by atoms with Crippen molar-refractivity contribution in [2.45, 2.75) is 39.8 Å². The second-order valence-corrected chi connectivity index (χ2v) is 7.17. The van der Waals surface area contributed by atoms with E-state index in [4.69, 9.17) is 4.74 Å². The first kappa shape index (κ1) is 17.4. The molecule has 0 bridgehead atoms. The molecule has 0 amide bonds. The van der Waals surface area contributed by atoms with Gasteiger partial charge in [0.15, 0.2) is 0 Å². The van der Waals surface area contributed by atoms with E-state index in [1.165, 1.54) is 22.2 Å². The lowest BCUT2D eigenvalue weighted by Crippen LogP contribution is -2.30. The van der Waals surface area contributed by atoms with Gasteiger partial charge < -0.3 is 4.74 Å². The first-order valence-electron chi connectivity index (χ1n) is 8.14. The minimum atomic E-state index is -0.724. The van der Waals surface area contributed by atoms with Crippen LogP contribution in [0.2, 0.25) is 0 Å². The summed E-state index contributed by atoms with van der Waals surface area (Å²) in [7, 11) is 0. The first-order valence-corrected chi connectivity index (χ1v) is 9.02. The molecule has 2 heterocycles. The number of aryl methyl sites for hydroxylation is 1. The van der Waals surface area contributed by atoms with E-state index in [1.807, 2.05) is 36.6 Å². The molecule has 0 saturated carbocycles. The number of fused-ring (bicyclic) bond motifs is 1. The molecule has 2 aromatic heterocycles. The number of rotatable bonds is 4. The SMILES string of the molecule is Cc1ccc(-c2csc3ncn([C@H](C)C(=O)OC(C)C)c(=O)c23)cc1. The molecular formula is C19H20N2O3S. The molecule has 0 aliphatic rings. The molecule has 0 spiro atoms. The number of esters is 1. The van der Waals surface area contributed by atoms with Gasteiger partial charge in [0.25, 0.3) is 5.56 Å². The Bertz CT molecular complexity index is 970. The summed E-state index contributed by atoms with van der Waals surface area (Å²) in [4.78, 5) is 30.2. The highest BCUT2D eigenvalue weighted by atomic mass is 32.1. The van der Waals surface area contributed by atoms with Gasteiger partial charge in [-0.2, -0.15) is 0 Å². The molecule has 0 radical (unpaired) electrons. The van der Waals surface area contributed by atoms with Crippen LogP contribution >= 0.6 is 11.3 Å². The Hall–Kier alpha value is -2.47. The van der Waals surface area contributed by atoms with Gasteiger partial charge in [0.05, 0.1) is 17.8 Å². The van der Waals surface area contributed by atoms with Crippen LogP contribution in [0.3, 0.4) is 0 Å². The van der Waals surface area contributed by atoms with E-state index in [0.717, 1.165) is 16.7 Å². The van der Waals surface area contributed by atoms with Crippen molar-refractivity contribution >= 4 is 27.5 Å². The number of aromatic nitrogens is 2. The van der Waals surface area contributed by atoms with Gasteiger partial charge in [-0.1, -0.05) is 29.8 Å². The molecule has 5 nitrogen and oxygen atoms in total. The van der Waals surface area contributed by atoms with E-state index < -0.39 is 12.0 Å². The van der Waals surface area contributed by atoms with Crippen LogP contribution in [0.4, 0.5) is 0 Å². The van der Waals surface area contributed by atoms with Gasteiger partial charge in [-0.25, -0.2) is 9.78 Å². The first-order chi connectivity index (χ1) is 11.9. The number of hydrogen-bond donors (Lipinski definition) is 0. The second kappa shape index (κ2) is 6.80. The zero-order valence-electron chi connectivity index (χ0n) is 14.6. The highest BCUT2D eigenvalue weighted by molar-refractivity contribution is 7.17. The van der Waals surface area contributed by atoms with Gasteiger partial charge in [0.2, 0.25) is 0 Å². The molecule has 1 atom stereocenters. The minimum absolute atomic E-state index is 0.227. The Morgan fingerprint density at radius 2 is 1.88 bits per heavy atom. The molecule has 25 heavy (non-hydrogen) atoms. The van der Waals surface area contributed by atoms with Crippen LogP contribution in [0.15, 0.2) is 40.8 Å². The summed E-state index contributed by atoms with van der Waals surface area (Å²) < 4.78 is 6.56. The summed E-state index contributed by atoms with van der Waals surface area (Å²) in [6.07, 6.45) is 1.19. The standard InChI is InChI=1S/C19H20N2O3S/c1-11(2)24-19(23)13(4)21-10-20-17-16(18(21)22)15(9-25-17)14-7-5-12(3)6-8-14/h5-11,13H,1-4H3/t13-/m1/s1. The van der Waals surface area contributed by atoms with Crippen molar-refractivity contribution in [1.82, 2.24) is 9.55 Å². The van der Waals surface area contributed by atoms with Crippen LogP contribution in [0.25, 0.3) is 21.3 Å². The number of nitrogens with zero attached hydrogens (tertiary/aromatic N) is 2. The Morgan fingerprint density at radius 3 is 2.52 bits per heavy atom. The van der Waals surface area contributed by atoms with Crippen molar-refractivity contribution < 1.29 is 9.53 Å². The van der Waals surface area contributed by atoms with Crippen molar-refractivity contribution in [2.75, 3.05) is 0 Å². The third-order valence-electron chi connectivity index (χ3n) is 3.99. The maximum absolute atomic E-state index is 13.0. The Labute approximate surface area is 149 Å². The number of carbonyl (C=O) groups excluding carboxylic acids is 1. The molecule has 1 aromatic carbocycles. The van der Waals surface area contributed by atoms with Crippen molar-refractivity contribution in [1.29, 1.82) is 0 Å². The average molecular weight is 356 g/mol. The van der Waals surface area contributed by atoms with Crippen LogP contribution < -0.4 is 5.56 Å². The van der Waals surface area contributed by atoms with Crippen LogP contribution in [0.5, 0.6) is 0 Å². The number of thiophene rings is 1. The van der Waals surface area contributed by atoms with Gasteiger partial charge >= 0.3 is 5.97 Å². The van der Waals surface area contributed by atoms with Gasteiger partial charge in [-0.15, -0.1) is 11.3 Å². The zero-order chi connectivity index (χ0) is 18.1. The highest BCUT2D eigenvalue weighted by Gasteiger charge is 2.22. The molecule has 6 heteroatoms. The largest absolute Gasteiger partial charge is 0.461 e. The van der Waals surface area contributed by atoms with Gasteiger partial charge in [-0.3, -0.25) is 9.36 Å². The zero-order valence-corrected chi connectivity index (χ0v) is 15.5. The predicted molar refractivity (Wildman–Crippen MR) is 100.0 cm³/mol. The van der Waals surface area contributed by atoms with Crippen LogP contribution in [0.1, 0.15) is 32.4 Å². The Balaban J connectivity index is 2.10. The summed E-state index contributed by atoms with van der Waals surface area (Å²) in [5.41, 5.74) is 2.74. The summed E-state index contributed by atoms with van der Waals surface area (Å²) in [6, 6.07) is 7.28. The van der Waals surface area contributed by atoms with Crippen LogP contribution in [-0.2, 0) is 9.53 Å². The number of carbonyl (C=O) groups is 1. The van der Waals surface area contributed by atoms with E-state index >= 15 is 0 Å². The van der Waals surface area contributed by atoms with E-state index in [-0.39, 0.29) is 11.7 Å². The second-order valence-electron chi connectivity index (χ2n) is 6.31. The molecule has 0 fully saturated rings. The quantitative estimate of drug-likeness (QED) is 0.664. The molecule has 3 aromatic rings. The molecule has 0 N–H and O–H groups in total. The van der Waals surface area contributed by atoms with Crippen LogP contribution in [-0.4, -0.2) is 21.6 Å². The van der Waals surface area contributed by atoms with Crippen molar-refractivity contribution in [3.8, 4) is 11.1 Å². The number of ether oxygens (including phenoxy) is 1. The van der Waals surface area contributed by atoms with Gasteiger partial charge in [-0.05, 0) is 33.3 Å². The molecule has 0 unspecified atom stereocenters. The topological polar surface area (TPSA) is 61.2 Å². The maximum Gasteiger partial charge on any atom is 0.329 e. The molecule has 0 aliphatic heterocycles. The lowest BCUT2D eigenvalue weighted by molar-refractivity contribution is -0.151. The Morgan fingerprint density at radius 1 is 1.20 bits per heavy atom. The number of hydrogen-bond acceptors (Lipinski definition) is 5. The molecule has 3 rings (SSSR count). The van der Waals surface area contributed by atoms with E-state index in [9.17, 15) is 9.59 Å². The van der Waals surface area contributed by atoms with Gasteiger partial charge in [0.1, 0.15) is 10.9 Å². The molecule has 0 aliphatic carbocycles. The third kappa shape index (κ3) is 3.35. The lowest BCUT2D eigenvalue weighted by Gasteiger charge is -2.16. The summed E-state index contributed by atoms with van der Waals surface area (Å²) in [6.45, 7) is 7.23. The smallest absolute Gasteiger partial charge is 0.329 e. The van der Waals surface area contributed by atoms with Crippen LogP contribution in [0, 0.1) is 6.92 Å². The van der Waals surface area contributed by atoms with E-state index in [0.29, 0.717) is 10.2 Å². The third-order valence-corrected chi connectivity index (χ3v) is 4.88. The normalized spacial score (nSPS) is 12.5. The Kier molecular flexibility index (Phi) is 4.72. The number of benzene rings is 1. The summed E-state index contributed by atoms with van der Waals surface area (Å²) >= 11 is 1.43. The monoisotopic (exact) mass is 356 g/mol. The molecular weight excluding hydrogens is 336 g/mol. The fourth-order valence-electron chi connectivity index (χ4n) is 2.61. The van der Waals surface area contributed by atoms with Crippen molar-refractivity contribution in [3.05, 3.63) is 51.9 Å². The molecule has 130 valence electrons. The lowest BCUT2D eigenvalue weighted by atomic mass is 10.1. The highest BCUT2D eigenvalue weighted by Crippen LogP contribution is 2.31. The van der Waals surface area contributed by atoms with Crippen molar-refractivity contribution in [3.63, 3.8) is 0 Å². The summed E-state index contributed by atoms with van der Waals surface area (Å²) in [5, 5.41) is 2.48. The maximum atomic E-state index is 13.0. The molecule has 0 saturated heterocycles. The minimum Gasteiger partial charge on any atom is -0.461 e. The average Bonchev–Trinajstić information content (AvgIpc) is 2.99. The summed E-state index contributed by atoms with van der Waals surface area (Å²) in [5.74, 6) is -0.439. The van der Waals surface area contributed by atoms with E-state index in [1.54, 1.807) is 20.8 Å². The fourth-order valence-corrected chi connectivity index (χ4v) is 3.52.